The minimum Gasteiger partial charge on any atom is -0.391 e. The van der Waals surface area contributed by atoms with Gasteiger partial charge in [-0.1, -0.05) is 0 Å². The normalized spacial score (nSPS) is 36.7. The number of piperidine rings is 1. The summed E-state index contributed by atoms with van der Waals surface area (Å²) in [6.07, 6.45) is 3.86. The number of nitrogens with one attached hydrogen (secondary N) is 1. The summed E-state index contributed by atoms with van der Waals surface area (Å²) in [7, 11) is 0. The van der Waals surface area contributed by atoms with Crippen molar-refractivity contribution in [1.82, 2.24) is 10.2 Å². The third-order valence-corrected chi connectivity index (χ3v) is 4.56. The Morgan fingerprint density at radius 3 is 2.75 bits per heavy atom. The number of carbonyl (C=O) groups is 1. The first-order chi connectivity index (χ1) is 7.71. The second-order valence-corrected chi connectivity index (χ2v) is 5.60. The highest BCUT2D eigenvalue weighted by Crippen LogP contribution is 2.59. The van der Waals surface area contributed by atoms with Crippen LogP contribution in [0.25, 0.3) is 0 Å². The molecule has 90 valence electrons. The van der Waals surface area contributed by atoms with Crippen LogP contribution in [-0.2, 0) is 4.79 Å². The van der Waals surface area contributed by atoms with Crippen molar-refractivity contribution in [1.29, 1.82) is 0 Å². The Morgan fingerprint density at radius 2 is 2.12 bits per heavy atom. The molecule has 3 aliphatic rings. The quantitative estimate of drug-likeness (QED) is 0.657. The molecule has 1 spiro atoms. The lowest BCUT2D eigenvalue weighted by Crippen LogP contribution is -2.35. The molecule has 3 rings (SSSR count). The van der Waals surface area contributed by atoms with E-state index in [4.69, 9.17) is 0 Å². The van der Waals surface area contributed by atoms with E-state index in [1.165, 1.54) is 0 Å². The van der Waals surface area contributed by atoms with E-state index in [2.05, 4.69) is 5.32 Å². The molecule has 2 saturated heterocycles. The van der Waals surface area contributed by atoms with Crippen LogP contribution in [0.15, 0.2) is 0 Å². The molecule has 0 bridgehead atoms. The minimum atomic E-state index is -0.285. The fraction of sp³-hybridized carbons (Fsp3) is 0.917. The minimum absolute atomic E-state index is 0.264. The van der Waals surface area contributed by atoms with Crippen LogP contribution >= 0.6 is 0 Å². The van der Waals surface area contributed by atoms with Gasteiger partial charge < -0.3 is 15.3 Å². The fourth-order valence-corrected chi connectivity index (χ4v) is 3.34. The van der Waals surface area contributed by atoms with Crippen LogP contribution in [0, 0.1) is 11.3 Å². The van der Waals surface area contributed by atoms with E-state index in [1.807, 2.05) is 4.90 Å². The summed E-state index contributed by atoms with van der Waals surface area (Å²) in [5, 5.41) is 12.8. The molecule has 0 aromatic carbocycles. The second-order valence-electron chi connectivity index (χ2n) is 5.60. The zero-order chi connectivity index (χ0) is 11.2. The molecule has 0 aromatic heterocycles. The molecular formula is C12H20N2O2. The Hall–Kier alpha value is -0.610. The van der Waals surface area contributed by atoms with Gasteiger partial charge in [0.05, 0.1) is 6.10 Å². The number of rotatable bonds is 1. The van der Waals surface area contributed by atoms with Crippen molar-refractivity contribution in [2.24, 2.45) is 11.3 Å². The predicted molar refractivity (Wildman–Crippen MR) is 59.8 cm³/mol. The Bertz CT molecular complexity index is 299. The van der Waals surface area contributed by atoms with Crippen LogP contribution in [0.4, 0.5) is 0 Å². The average molecular weight is 224 g/mol. The summed E-state index contributed by atoms with van der Waals surface area (Å²) in [5.74, 6) is 0.568. The Kier molecular flexibility index (Phi) is 2.44. The van der Waals surface area contributed by atoms with Gasteiger partial charge in [0.2, 0.25) is 5.91 Å². The van der Waals surface area contributed by atoms with E-state index in [9.17, 15) is 9.90 Å². The van der Waals surface area contributed by atoms with Crippen molar-refractivity contribution in [2.45, 2.75) is 31.8 Å². The lowest BCUT2D eigenvalue weighted by atomic mass is 9.91. The molecule has 1 amide bonds. The molecule has 4 nitrogen and oxygen atoms in total. The maximum Gasteiger partial charge on any atom is 0.226 e. The number of carbonyl (C=O) groups excluding carboxylic acids is 1. The summed E-state index contributed by atoms with van der Waals surface area (Å²) in [4.78, 5) is 14.1. The Labute approximate surface area is 96.0 Å². The number of aliphatic hydroxyl groups excluding tert-OH is 1. The molecule has 0 radical (unpaired) electrons. The van der Waals surface area contributed by atoms with Crippen molar-refractivity contribution in [2.75, 3.05) is 26.2 Å². The topological polar surface area (TPSA) is 52.6 Å². The first kappa shape index (κ1) is 10.5. The van der Waals surface area contributed by atoms with Crippen LogP contribution in [0.2, 0.25) is 0 Å². The van der Waals surface area contributed by atoms with Gasteiger partial charge in [0.25, 0.3) is 0 Å². The lowest BCUT2D eigenvalue weighted by Gasteiger charge is -2.24. The maximum atomic E-state index is 12.2. The van der Waals surface area contributed by atoms with Crippen molar-refractivity contribution in [3.8, 4) is 0 Å². The summed E-state index contributed by atoms with van der Waals surface area (Å²) in [6.45, 7) is 3.44. The maximum absolute atomic E-state index is 12.2. The molecule has 3 fully saturated rings. The molecule has 2 unspecified atom stereocenters. The summed E-state index contributed by atoms with van der Waals surface area (Å²) < 4.78 is 0. The van der Waals surface area contributed by atoms with Crippen molar-refractivity contribution in [3.63, 3.8) is 0 Å². The summed E-state index contributed by atoms with van der Waals surface area (Å²) in [6, 6.07) is 0. The van der Waals surface area contributed by atoms with Gasteiger partial charge in [0.15, 0.2) is 0 Å². The van der Waals surface area contributed by atoms with E-state index in [0.29, 0.717) is 17.9 Å². The largest absolute Gasteiger partial charge is 0.391 e. The molecule has 1 aliphatic carbocycles. The Balaban J connectivity index is 1.61. The molecule has 16 heavy (non-hydrogen) atoms. The monoisotopic (exact) mass is 224 g/mol. The predicted octanol–water partition coefficient (Wildman–Crippen LogP) is -0.0307. The van der Waals surface area contributed by atoms with Crippen LogP contribution in [0.1, 0.15) is 25.7 Å². The van der Waals surface area contributed by atoms with Crippen molar-refractivity contribution >= 4 is 5.91 Å². The van der Waals surface area contributed by atoms with Gasteiger partial charge in [0, 0.05) is 19.0 Å². The van der Waals surface area contributed by atoms with Gasteiger partial charge in [0.1, 0.15) is 0 Å². The van der Waals surface area contributed by atoms with Gasteiger partial charge in [-0.05, 0) is 44.2 Å². The highest BCUT2D eigenvalue weighted by Gasteiger charge is 2.58. The van der Waals surface area contributed by atoms with E-state index in [-0.39, 0.29) is 12.0 Å². The number of aliphatic hydroxyl groups is 1. The van der Waals surface area contributed by atoms with E-state index >= 15 is 0 Å². The van der Waals surface area contributed by atoms with Gasteiger partial charge in [-0.3, -0.25) is 4.79 Å². The molecule has 2 aliphatic heterocycles. The zero-order valence-electron chi connectivity index (χ0n) is 9.61. The third-order valence-electron chi connectivity index (χ3n) is 4.56. The standard InChI is InChI=1S/C12H20N2O2/c15-9-1-6-14(8-9)11(16)10-7-12(10)2-4-13-5-3-12/h9-10,13,15H,1-8H2. The van der Waals surface area contributed by atoms with Crippen LogP contribution in [0.5, 0.6) is 0 Å². The third kappa shape index (κ3) is 1.64. The van der Waals surface area contributed by atoms with Crippen molar-refractivity contribution < 1.29 is 9.90 Å². The molecular weight excluding hydrogens is 204 g/mol. The fourth-order valence-electron chi connectivity index (χ4n) is 3.34. The molecule has 4 heteroatoms. The van der Waals surface area contributed by atoms with E-state index in [1.54, 1.807) is 0 Å². The lowest BCUT2D eigenvalue weighted by molar-refractivity contribution is -0.132. The molecule has 0 aromatic rings. The molecule has 1 saturated carbocycles. The number of nitrogens with zero attached hydrogens (tertiary/aromatic N) is 1. The van der Waals surface area contributed by atoms with Gasteiger partial charge in [-0.25, -0.2) is 0 Å². The molecule has 2 atom stereocenters. The summed E-state index contributed by atoms with van der Waals surface area (Å²) in [5.41, 5.74) is 0.329. The smallest absolute Gasteiger partial charge is 0.226 e. The van der Waals surface area contributed by atoms with Crippen molar-refractivity contribution in [3.05, 3.63) is 0 Å². The van der Waals surface area contributed by atoms with Crippen LogP contribution < -0.4 is 5.32 Å². The van der Waals surface area contributed by atoms with Gasteiger partial charge >= 0.3 is 0 Å². The number of amides is 1. The highest BCUT2D eigenvalue weighted by molar-refractivity contribution is 5.83. The zero-order valence-corrected chi connectivity index (χ0v) is 9.61. The van der Waals surface area contributed by atoms with Crippen LogP contribution in [-0.4, -0.2) is 48.2 Å². The van der Waals surface area contributed by atoms with E-state index in [0.717, 1.165) is 45.3 Å². The first-order valence-electron chi connectivity index (χ1n) is 6.39. The number of β-amino-alcohol motifs (C(OH)–C–C–N with tert-alkyl or cyclic N) is 1. The average Bonchev–Trinajstić information content (AvgIpc) is 2.79. The van der Waals surface area contributed by atoms with Gasteiger partial charge in [-0.15, -0.1) is 0 Å². The SMILES string of the molecule is O=C(C1CC12CCNCC2)N1CCC(O)C1. The second kappa shape index (κ2) is 3.70. The van der Waals surface area contributed by atoms with Gasteiger partial charge in [-0.2, -0.15) is 0 Å². The Morgan fingerprint density at radius 1 is 1.38 bits per heavy atom. The first-order valence-corrected chi connectivity index (χ1v) is 6.39. The number of hydrogen-bond acceptors (Lipinski definition) is 3. The van der Waals surface area contributed by atoms with Crippen LogP contribution in [0.3, 0.4) is 0 Å². The number of likely N-dealkylation sites (tertiary alicyclic amines) is 1. The number of hydrogen-bond donors (Lipinski definition) is 2. The highest BCUT2D eigenvalue weighted by atomic mass is 16.3. The molecule has 2 N–H and O–H groups in total. The summed E-state index contributed by atoms with van der Waals surface area (Å²) >= 11 is 0. The molecule has 2 heterocycles. The van der Waals surface area contributed by atoms with E-state index < -0.39 is 0 Å².